The Morgan fingerprint density at radius 1 is 1.30 bits per heavy atom. The molecule has 5 heteroatoms. The molecule has 0 aliphatic heterocycles. The standard InChI is InChI=1S/C15H19ClFN3/c1-3-6-12-19-14(15(18)20(12)9-4-2)13-10(16)7-5-8-11(13)17/h5,7-8H,3-4,6,9,18H2,1-2H3. The quantitative estimate of drug-likeness (QED) is 0.894. The van der Waals surface area contributed by atoms with Crippen molar-refractivity contribution in [3.05, 3.63) is 34.9 Å². The Hall–Kier alpha value is -1.55. The first-order valence-corrected chi connectivity index (χ1v) is 7.27. The van der Waals surface area contributed by atoms with Gasteiger partial charge in [-0.25, -0.2) is 9.37 Å². The Bertz CT molecular complexity index is 587. The van der Waals surface area contributed by atoms with Gasteiger partial charge in [0.05, 0.1) is 10.6 Å². The summed E-state index contributed by atoms with van der Waals surface area (Å²) in [5.41, 5.74) is 6.91. The van der Waals surface area contributed by atoms with Gasteiger partial charge in [-0.1, -0.05) is 31.5 Å². The minimum absolute atomic E-state index is 0.291. The van der Waals surface area contributed by atoms with E-state index in [9.17, 15) is 4.39 Å². The predicted molar refractivity (Wildman–Crippen MR) is 81.3 cm³/mol. The van der Waals surface area contributed by atoms with E-state index in [1.807, 2.05) is 4.57 Å². The number of nitrogens with two attached hydrogens (primary N) is 1. The molecule has 0 spiro atoms. The molecule has 20 heavy (non-hydrogen) atoms. The second kappa shape index (κ2) is 6.27. The van der Waals surface area contributed by atoms with Crippen molar-refractivity contribution in [1.29, 1.82) is 0 Å². The van der Waals surface area contributed by atoms with Gasteiger partial charge in [-0.3, -0.25) is 0 Å². The summed E-state index contributed by atoms with van der Waals surface area (Å²) in [5.74, 6) is 0.983. The number of aromatic nitrogens is 2. The topological polar surface area (TPSA) is 43.8 Å². The van der Waals surface area contributed by atoms with Crippen molar-refractivity contribution in [3.63, 3.8) is 0 Å². The van der Waals surface area contributed by atoms with Crippen LogP contribution in [0.5, 0.6) is 0 Å². The molecule has 0 atom stereocenters. The highest BCUT2D eigenvalue weighted by Crippen LogP contribution is 2.34. The molecule has 2 aromatic rings. The van der Waals surface area contributed by atoms with Gasteiger partial charge in [0.25, 0.3) is 0 Å². The third kappa shape index (κ3) is 2.66. The van der Waals surface area contributed by atoms with Crippen LogP contribution in [0.1, 0.15) is 32.5 Å². The van der Waals surface area contributed by atoms with Gasteiger partial charge in [0, 0.05) is 13.0 Å². The number of anilines is 1. The number of hydrogen-bond donors (Lipinski definition) is 1. The van der Waals surface area contributed by atoms with Crippen LogP contribution in [0.4, 0.5) is 10.2 Å². The molecular weight excluding hydrogens is 277 g/mol. The van der Waals surface area contributed by atoms with E-state index in [0.717, 1.165) is 31.6 Å². The molecule has 0 amide bonds. The maximum absolute atomic E-state index is 14.0. The SMILES string of the molecule is CCCc1nc(-c2c(F)cccc2Cl)c(N)n1CCC. The molecule has 0 saturated carbocycles. The van der Waals surface area contributed by atoms with Gasteiger partial charge in [0.1, 0.15) is 23.2 Å². The van der Waals surface area contributed by atoms with Gasteiger partial charge >= 0.3 is 0 Å². The minimum Gasteiger partial charge on any atom is -0.383 e. The van der Waals surface area contributed by atoms with Crippen LogP contribution < -0.4 is 5.73 Å². The second-order valence-electron chi connectivity index (χ2n) is 4.76. The Morgan fingerprint density at radius 3 is 2.65 bits per heavy atom. The number of halogens is 2. The highest BCUT2D eigenvalue weighted by Gasteiger charge is 2.20. The van der Waals surface area contributed by atoms with Crippen molar-refractivity contribution in [2.45, 2.75) is 39.7 Å². The largest absolute Gasteiger partial charge is 0.383 e. The van der Waals surface area contributed by atoms with Gasteiger partial charge < -0.3 is 10.3 Å². The highest BCUT2D eigenvalue weighted by atomic mass is 35.5. The van der Waals surface area contributed by atoms with Crippen LogP contribution in [0, 0.1) is 5.82 Å². The lowest BCUT2D eigenvalue weighted by Gasteiger charge is -2.08. The summed E-state index contributed by atoms with van der Waals surface area (Å²) in [6.45, 7) is 4.93. The first-order valence-electron chi connectivity index (χ1n) is 6.89. The van der Waals surface area contributed by atoms with Crippen LogP contribution in [0.15, 0.2) is 18.2 Å². The molecule has 0 fully saturated rings. The number of nitrogens with zero attached hydrogens (tertiary/aromatic N) is 2. The fourth-order valence-electron chi connectivity index (χ4n) is 2.31. The summed E-state index contributed by atoms with van der Waals surface area (Å²) >= 11 is 6.11. The molecule has 0 radical (unpaired) electrons. The molecule has 3 nitrogen and oxygen atoms in total. The molecule has 0 unspecified atom stereocenters. The van der Waals surface area contributed by atoms with Crippen LogP contribution in [-0.2, 0) is 13.0 Å². The molecule has 1 aromatic carbocycles. The number of imidazole rings is 1. The van der Waals surface area contributed by atoms with Crippen LogP contribution in [-0.4, -0.2) is 9.55 Å². The van der Waals surface area contributed by atoms with E-state index in [1.165, 1.54) is 6.07 Å². The average Bonchev–Trinajstić information content (AvgIpc) is 2.69. The van der Waals surface area contributed by atoms with Gasteiger partial charge in [-0.2, -0.15) is 0 Å². The van der Waals surface area contributed by atoms with Crippen LogP contribution in [0.25, 0.3) is 11.3 Å². The molecule has 2 N–H and O–H groups in total. The zero-order valence-electron chi connectivity index (χ0n) is 11.8. The first-order chi connectivity index (χ1) is 9.60. The van der Waals surface area contributed by atoms with Crippen molar-refractivity contribution < 1.29 is 4.39 Å². The van der Waals surface area contributed by atoms with Crippen molar-refractivity contribution in [2.24, 2.45) is 0 Å². The van der Waals surface area contributed by atoms with Crippen LogP contribution in [0.3, 0.4) is 0 Å². The summed E-state index contributed by atoms with van der Waals surface area (Å²) in [5, 5.41) is 0.334. The lowest BCUT2D eigenvalue weighted by Crippen LogP contribution is -2.06. The Kier molecular flexibility index (Phi) is 4.65. The summed E-state index contributed by atoms with van der Waals surface area (Å²) < 4.78 is 16.0. The molecule has 0 saturated heterocycles. The Balaban J connectivity index is 2.60. The predicted octanol–water partition coefficient (Wildman–Crippen LogP) is 4.29. The van der Waals surface area contributed by atoms with Gasteiger partial charge in [-0.05, 0) is 25.0 Å². The lowest BCUT2D eigenvalue weighted by atomic mass is 10.1. The number of aryl methyl sites for hydroxylation is 1. The normalized spacial score (nSPS) is 11.0. The molecule has 1 aromatic heterocycles. The van der Waals surface area contributed by atoms with Crippen LogP contribution >= 0.6 is 11.6 Å². The lowest BCUT2D eigenvalue weighted by molar-refractivity contribution is 0.631. The average molecular weight is 296 g/mol. The van der Waals surface area contributed by atoms with Crippen molar-refractivity contribution in [3.8, 4) is 11.3 Å². The van der Waals surface area contributed by atoms with E-state index in [-0.39, 0.29) is 0 Å². The zero-order chi connectivity index (χ0) is 14.7. The fourth-order valence-corrected chi connectivity index (χ4v) is 2.56. The molecular formula is C15H19ClFN3. The van der Waals surface area contributed by atoms with Gasteiger partial charge in [0.2, 0.25) is 0 Å². The van der Waals surface area contributed by atoms with E-state index in [0.29, 0.717) is 22.1 Å². The number of rotatable bonds is 5. The van der Waals surface area contributed by atoms with E-state index in [2.05, 4.69) is 18.8 Å². The molecule has 0 aliphatic rings. The van der Waals surface area contributed by atoms with Crippen LogP contribution in [0.2, 0.25) is 5.02 Å². The maximum atomic E-state index is 14.0. The second-order valence-corrected chi connectivity index (χ2v) is 5.17. The summed E-state index contributed by atoms with van der Waals surface area (Å²) in [4.78, 5) is 4.52. The van der Waals surface area contributed by atoms with E-state index in [1.54, 1.807) is 12.1 Å². The first kappa shape index (κ1) is 14.9. The smallest absolute Gasteiger partial charge is 0.134 e. The maximum Gasteiger partial charge on any atom is 0.134 e. The molecule has 0 bridgehead atoms. The number of hydrogen-bond acceptors (Lipinski definition) is 2. The third-order valence-corrected chi connectivity index (χ3v) is 3.52. The summed E-state index contributed by atoms with van der Waals surface area (Å²) in [6, 6.07) is 4.60. The molecule has 108 valence electrons. The Morgan fingerprint density at radius 2 is 2.05 bits per heavy atom. The zero-order valence-corrected chi connectivity index (χ0v) is 12.5. The monoisotopic (exact) mass is 295 g/mol. The van der Waals surface area contributed by atoms with Crippen molar-refractivity contribution in [2.75, 3.05) is 5.73 Å². The van der Waals surface area contributed by atoms with Gasteiger partial charge in [-0.15, -0.1) is 0 Å². The van der Waals surface area contributed by atoms with Gasteiger partial charge in [0.15, 0.2) is 0 Å². The molecule has 0 aliphatic carbocycles. The van der Waals surface area contributed by atoms with E-state index < -0.39 is 5.82 Å². The van der Waals surface area contributed by atoms with E-state index >= 15 is 0 Å². The number of benzene rings is 1. The Labute approximate surface area is 123 Å². The molecule has 2 rings (SSSR count). The molecule has 1 heterocycles. The number of nitrogen functional groups attached to an aromatic ring is 1. The fraction of sp³-hybridized carbons (Fsp3) is 0.400. The summed E-state index contributed by atoms with van der Waals surface area (Å²) in [7, 11) is 0. The minimum atomic E-state index is -0.395. The third-order valence-electron chi connectivity index (χ3n) is 3.21. The highest BCUT2D eigenvalue weighted by molar-refractivity contribution is 6.33. The van der Waals surface area contributed by atoms with E-state index in [4.69, 9.17) is 17.3 Å². The summed E-state index contributed by atoms with van der Waals surface area (Å²) in [6.07, 6.45) is 2.72. The van der Waals surface area contributed by atoms with Crippen molar-refractivity contribution in [1.82, 2.24) is 9.55 Å². The van der Waals surface area contributed by atoms with Crippen molar-refractivity contribution >= 4 is 17.4 Å².